The zero-order chi connectivity index (χ0) is 27.1. The first-order chi connectivity index (χ1) is 16.7. The van der Waals surface area contributed by atoms with Crippen LogP contribution in [0.3, 0.4) is 0 Å². The maximum absolute atomic E-state index is 12.9. The molecule has 11 heteroatoms. The third-order valence-electron chi connectivity index (χ3n) is 4.70. The fourth-order valence-electron chi connectivity index (χ4n) is 3.15. The summed E-state index contributed by atoms with van der Waals surface area (Å²) in [6.07, 6.45) is -5.31. The number of carbonyl (C=O) groups excluding carboxylic acids is 1. The van der Waals surface area contributed by atoms with E-state index in [0.29, 0.717) is 5.56 Å². The van der Waals surface area contributed by atoms with Crippen molar-refractivity contribution in [1.82, 2.24) is 4.90 Å². The Balaban J connectivity index is 2.32. The van der Waals surface area contributed by atoms with E-state index in [9.17, 15) is 18.0 Å². The summed E-state index contributed by atoms with van der Waals surface area (Å²) in [4.78, 5) is 14.3. The molecule has 7 nitrogen and oxygen atoms in total. The Morgan fingerprint density at radius 2 is 1.78 bits per heavy atom. The second-order valence-corrected chi connectivity index (χ2v) is 9.72. The van der Waals surface area contributed by atoms with Crippen molar-refractivity contribution in [3.8, 4) is 11.8 Å². The number of alkyl halides is 3. The minimum atomic E-state index is -4.87. The molecule has 2 aromatic rings. The normalized spacial score (nSPS) is 12.3. The number of rotatable bonds is 7. The molecular weight excluding hydrogens is 493 g/mol. The van der Waals surface area contributed by atoms with E-state index >= 15 is 0 Å². The predicted octanol–water partition coefficient (Wildman–Crippen LogP) is 6.36. The Labute approximate surface area is 212 Å². The third kappa shape index (κ3) is 8.92. The minimum absolute atomic E-state index is 0.0702. The van der Waals surface area contributed by atoms with Crippen molar-refractivity contribution in [2.24, 2.45) is 0 Å². The molecule has 0 aliphatic rings. The van der Waals surface area contributed by atoms with Crippen LogP contribution >= 0.6 is 11.8 Å². The van der Waals surface area contributed by atoms with Crippen LogP contribution in [0.2, 0.25) is 0 Å². The number of halogens is 3. The Kier molecular flexibility index (Phi) is 9.53. The summed E-state index contributed by atoms with van der Waals surface area (Å²) in [6.45, 7) is 7.11. The number of benzene rings is 2. The number of hydrogen-bond acceptors (Lipinski definition) is 7. The first-order valence-corrected chi connectivity index (χ1v) is 11.7. The second-order valence-electron chi connectivity index (χ2n) is 8.67. The molecule has 0 bridgehead atoms. The molecule has 36 heavy (non-hydrogen) atoms. The van der Waals surface area contributed by atoms with Gasteiger partial charge in [-0.15, -0.1) is 13.2 Å². The molecule has 0 radical (unpaired) electrons. The zero-order valence-corrected chi connectivity index (χ0v) is 21.1. The predicted molar refractivity (Wildman–Crippen MR) is 133 cm³/mol. The van der Waals surface area contributed by atoms with Crippen LogP contribution in [0.15, 0.2) is 48.5 Å². The lowest BCUT2D eigenvalue weighted by Gasteiger charge is -2.33. The third-order valence-corrected chi connectivity index (χ3v) is 5.63. The molecule has 192 valence electrons. The van der Waals surface area contributed by atoms with Gasteiger partial charge in [0.2, 0.25) is 0 Å². The van der Waals surface area contributed by atoms with Crippen LogP contribution in [0.4, 0.5) is 18.0 Å². The van der Waals surface area contributed by atoms with E-state index in [2.05, 4.69) is 4.74 Å². The van der Waals surface area contributed by atoms with E-state index in [-0.39, 0.29) is 28.6 Å². The van der Waals surface area contributed by atoms with Crippen LogP contribution in [0, 0.1) is 22.1 Å². The summed E-state index contributed by atoms with van der Waals surface area (Å²) < 4.78 is 47.2. The molecule has 0 fully saturated rings. The number of thioether (sulfide) groups is 1. The molecule has 2 rings (SSSR count). The standard InChI is InChI=1S/C25H27F3N4O3S/c1-5-32(23(33)35-24(2,3)4)20(13-16-9-11-17(15-29)12-10-16)22(31)36-21(30)18-7-6-8-19(14-18)34-25(26,27)28/h6-12,14,20,30-31H,5,13H2,1-4H3. The number of amides is 1. The lowest BCUT2D eigenvalue weighted by molar-refractivity contribution is -0.274. The summed E-state index contributed by atoms with van der Waals surface area (Å²) >= 11 is 0.721. The number of likely N-dealkylation sites (N-methyl/N-ethyl adjacent to an activating group) is 1. The molecule has 1 atom stereocenters. The molecule has 1 amide bonds. The molecule has 0 aliphatic heterocycles. The molecule has 0 saturated heterocycles. The van der Waals surface area contributed by atoms with Gasteiger partial charge in [-0.2, -0.15) is 5.26 Å². The highest BCUT2D eigenvalue weighted by Crippen LogP contribution is 2.27. The molecule has 1 unspecified atom stereocenters. The van der Waals surface area contributed by atoms with E-state index in [4.69, 9.17) is 20.8 Å². The summed E-state index contributed by atoms with van der Waals surface area (Å²) in [5.74, 6) is -0.477. The van der Waals surface area contributed by atoms with E-state index in [0.717, 1.165) is 29.5 Å². The monoisotopic (exact) mass is 520 g/mol. The van der Waals surface area contributed by atoms with Crippen LogP contribution in [0.1, 0.15) is 44.4 Å². The largest absolute Gasteiger partial charge is 0.573 e. The fourth-order valence-corrected chi connectivity index (χ4v) is 3.96. The summed E-state index contributed by atoms with van der Waals surface area (Å²) in [7, 11) is 0. The Morgan fingerprint density at radius 3 is 2.31 bits per heavy atom. The summed E-state index contributed by atoms with van der Waals surface area (Å²) in [5.41, 5.74) is 0.564. The van der Waals surface area contributed by atoms with Crippen molar-refractivity contribution >= 4 is 27.9 Å². The van der Waals surface area contributed by atoms with Crippen molar-refractivity contribution in [1.29, 1.82) is 16.1 Å². The van der Waals surface area contributed by atoms with Crippen molar-refractivity contribution in [2.45, 2.75) is 52.1 Å². The van der Waals surface area contributed by atoms with Gasteiger partial charge in [0.25, 0.3) is 0 Å². The summed E-state index contributed by atoms with van der Waals surface area (Å²) in [6, 6.07) is 12.8. The van der Waals surface area contributed by atoms with Gasteiger partial charge >= 0.3 is 12.5 Å². The first-order valence-electron chi connectivity index (χ1n) is 10.9. The number of nitriles is 1. The van der Waals surface area contributed by atoms with E-state index < -0.39 is 29.8 Å². The zero-order valence-electron chi connectivity index (χ0n) is 20.3. The quantitative estimate of drug-likeness (QED) is 0.326. The minimum Gasteiger partial charge on any atom is -0.444 e. The molecule has 0 spiro atoms. The number of hydrogen-bond donors (Lipinski definition) is 2. The number of nitrogens with one attached hydrogen (secondary N) is 2. The first kappa shape index (κ1) is 28.7. The van der Waals surface area contributed by atoms with Gasteiger partial charge < -0.3 is 9.47 Å². The highest BCUT2D eigenvalue weighted by Gasteiger charge is 2.32. The van der Waals surface area contributed by atoms with Gasteiger partial charge in [0, 0.05) is 12.1 Å². The fraction of sp³-hybridized carbons (Fsp3) is 0.360. The Morgan fingerprint density at radius 1 is 1.14 bits per heavy atom. The van der Waals surface area contributed by atoms with Crippen LogP contribution < -0.4 is 4.74 Å². The van der Waals surface area contributed by atoms with Gasteiger partial charge in [-0.3, -0.25) is 15.7 Å². The van der Waals surface area contributed by atoms with Crippen LogP contribution in [0.25, 0.3) is 0 Å². The van der Waals surface area contributed by atoms with Gasteiger partial charge in [0.15, 0.2) is 0 Å². The smallest absolute Gasteiger partial charge is 0.444 e. The maximum atomic E-state index is 12.9. The molecule has 2 aromatic carbocycles. The van der Waals surface area contributed by atoms with Gasteiger partial charge in [0.1, 0.15) is 16.4 Å². The molecule has 2 N–H and O–H groups in total. The van der Waals surface area contributed by atoms with Gasteiger partial charge in [-0.25, -0.2) is 4.79 Å². The molecular formula is C25H27F3N4O3S. The molecule has 0 saturated carbocycles. The van der Waals surface area contributed by atoms with Crippen molar-refractivity contribution < 1.29 is 27.4 Å². The van der Waals surface area contributed by atoms with Gasteiger partial charge in [-0.1, -0.05) is 36.0 Å². The molecule has 0 heterocycles. The number of ether oxygens (including phenoxy) is 2. The van der Waals surface area contributed by atoms with Crippen molar-refractivity contribution in [2.75, 3.05) is 6.54 Å². The number of carbonyl (C=O) groups is 1. The summed E-state index contributed by atoms with van der Waals surface area (Å²) in [5, 5.41) is 25.9. The van der Waals surface area contributed by atoms with E-state index in [1.54, 1.807) is 52.0 Å². The average Bonchev–Trinajstić information content (AvgIpc) is 2.77. The topological polar surface area (TPSA) is 110 Å². The van der Waals surface area contributed by atoms with Gasteiger partial charge in [-0.05, 0) is 63.9 Å². The SMILES string of the molecule is CCN(C(=O)OC(C)(C)C)C(Cc1ccc(C#N)cc1)C(=N)SC(=N)c1cccc(OC(F)(F)F)c1. The van der Waals surface area contributed by atoms with E-state index in [1.165, 1.54) is 17.0 Å². The second kappa shape index (κ2) is 11.9. The van der Waals surface area contributed by atoms with Crippen LogP contribution in [-0.2, 0) is 11.2 Å². The van der Waals surface area contributed by atoms with Crippen LogP contribution in [0.5, 0.6) is 5.75 Å². The Hall–Kier alpha value is -3.52. The van der Waals surface area contributed by atoms with E-state index in [1.807, 2.05) is 6.07 Å². The number of nitrogens with zero attached hydrogens (tertiary/aromatic N) is 2. The maximum Gasteiger partial charge on any atom is 0.573 e. The van der Waals surface area contributed by atoms with Crippen molar-refractivity contribution in [3.05, 3.63) is 65.2 Å². The van der Waals surface area contributed by atoms with Crippen molar-refractivity contribution in [3.63, 3.8) is 0 Å². The highest BCUT2D eigenvalue weighted by molar-refractivity contribution is 8.26. The molecule has 0 aromatic heterocycles. The van der Waals surface area contributed by atoms with Gasteiger partial charge in [0.05, 0.1) is 22.7 Å². The molecule has 0 aliphatic carbocycles. The lowest BCUT2D eigenvalue weighted by Crippen LogP contribution is -2.47. The Bertz CT molecular complexity index is 1140. The van der Waals surface area contributed by atoms with Crippen LogP contribution in [-0.4, -0.2) is 45.6 Å². The lowest BCUT2D eigenvalue weighted by atomic mass is 10.0. The average molecular weight is 521 g/mol. The highest BCUT2D eigenvalue weighted by atomic mass is 32.2.